The third kappa shape index (κ3) is 4.05. The first-order valence-corrected chi connectivity index (χ1v) is 9.03. The van der Waals surface area contributed by atoms with Crippen molar-refractivity contribution in [2.45, 2.75) is 39.7 Å². The summed E-state index contributed by atoms with van der Waals surface area (Å²) < 4.78 is 6.93. The van der Waals surface area contributed by atoms with Gasteiger partial charge in [0.25, 0.3) is 0 Å². The molecule has 1 aromatic heterocycles. The number of carbonyl (C=O) groups excluding carboxylic acids is 2. The third-order valence-corrected chi connectivity index (χ3v) is 4.88. The van der Waals surface area contributed by atoms with E-state index in [1.54, 1.807) is 16.7 Å². The highest BCUT2D eigenvalue weighted by molar-refractivity contribution is 5.88. The summed E-state index contributed by atoms with van der Waals surface area (Å²) in [5.41, 5.74) is 0.898. The molecule has 1 aliphatic heterocycles. The number of nitrogens with one attached hydrogen (secondary N) is 1. The van der Waals surface area contributed by atoms with Gasteiger partial charge in [-0.2, -0.15) is 5.10 Å². The molecule has 0 aromatic carbocycles. The maximum atomic E-state index is 12.6. The van der Waals surface area contributed by atoms with Gasteiger partial charge in [0.2, 0.25) is 0 Å². The number of amides is 3. The number of hydrogen-bond acceptors (Lipinski definition) is 4. The first-order chi connectivity index (χ1) is 12.0. The molecule has 0 bridgehead atoms. The third-order valence-electron chi connectivity index (χ3n) is 4.88. The van der Waals surface area contributed by atoms with E-state index < -0.39 is 0 Å². The largest absolute Gasteiger partial charge is 0.450 e. The molecule has 2 heterocycles. The number of ether oxygens (including phenoxy) is 1. The molecule has 0 radical (unpaired) electrons. The van der Waals surface area contributed by atoms with E-state index >= 15 is 0 Å². The molecule has 25 heavy (non-hydrogen) atoms. The van der Waals surface area contributed by atoms with Crippen LogP contribution in [0.25, 0.3) is 0 Å². The van der Waals surface area contributed by atoms with Crippen LogP contribution in [0.1, 0.15) is 38.4 Å². The van der Waals surface area contributed by atoms with Gasteiger partial charge in [-0.05, 0) is 39.5 Å². The monoisotopic (exact) mass is 349 g/mol. The number of piperazine rings is 1. The first kappa shape index (κ1) is 17.6. The van der Waals surface area contributed by atoms with Gasteiger partial charge in [0.15, 0.2) is 0 Å². The van der Waals surface area contributed by atoms with Gasteiger partial charge in [-0.1, -0.05) is 0 Å². The summed E-state index contributed by atoms with van der Waals surface area (Å²) in [7, 11) is 0. The number of aromatic nitrogens is 2. The van der Waals surface area contributed by atoms with Gasteiger partial charge in [-0.15, -0.1) is 0 Å². The maximum absolute atomic E-state index is 12.6. The van der Waals surface area contributed by atoms with E-state index in [0.29, 0.717) is 44.7 Å². The van der Waals surface area contributed by atoms with Crippen molar-refractivity contribution in [2.75, 3.05) is 38.1 Å². The Kier molecular flexibility index (Phi) is 5.15. The lowest BCUT2D eigenvalue weighted by molar-refractivity contribution is 0.0868. The minimum Gasteiger partial charge on any atom is -0.450 e. The zero-order valence-electron chi connectivity index (χ0n) is 15.2. The van der Waals surface area contributed by atoms with E-state index in [-0.39, 0.29) is 12.1 Å². The highest BCUT2D eigenvalue weighted by Gasteiger charge is 2.32. The number of nitrogens with zero attached hydrogens (tertiary/aromatic N) is 4. The highest BCUT2D eigenvalue weighted by atomic mass is 16.6. The first-order valence-electron chi connectivity index (χ1n) is 9.03. The van der Waals surface area contributed by atoms with Crippen LogP contribution in [0.2, 0.25) is 0 Å². The average Bonchev–Trinajstić information content (AvgIpc) is 3.38. The van der Waals surface area contributed by atoms with E-state index in [9.17, 15) is 9.59 Å². The molecule has 2 aliphatic rings. The Morgan fingerprint density at radius 1 is 1.28 bits per heavy atom. The van der Waals surface area contributed by atoms with Gasteiger partial charge >= 0.3 is 12.1 Å². The Morgan fingerprint density at radius 3 is 2.52 bits per heavy atom. The quantitative estimate of drug-likeness (QED) is 0.905. The lowest BCUT2D eigenvalue weighted by Crippen LogP contribution is -2.51. The second-order valence-electron chi connectivity index (χ2n) is 6.80. The average molecular weight is 349 g/mol. The van der Waals surface area contributed by atoms with Gasteiger partial charge in [0.1, 0.15) is 5.82 Å². The molecule has 3 amide bonds. The van der Waals surface area contributed by atoms with Crippen molar-refractivity contribution in [1.82, 2.24) is 19.6 Å². The van der Waals surface area contributed by atoms with Gasteiger partial charge < -0.3 is 14.5 Å². The van der Waals surface area contributed by atoms with Crippen LogP contribution in [0.4, 0.5) is 15.4 Å². The Labute approximate surface area is 148 Å². The fourth-order valence-corrected chi connectivity index (χ4v) is 3.19. The van der Waals surface area contributed by atoms with E-state index in [0.717, 1.165) is 11.5 Å². The molecule has 2 fully saturated rings. The van der Waals surface area contributed by atoms with Crippen molar-refractivity contribution < 1.29 is 14.3 Å². The van der Waals surface area contributed by atoms with Crippen LogP contribution >= 0.6 is 0 Å². The van der Waals surface area contributed by atoms with Crippen LogP contribution in [0.5, 0.6) is 0 Å². The summed E-state index contributed by atoms with van der Waals surface area (Å²) >= 11 is 0. The molecule has 8 heteroatoms. The lowest BCUT2D eigenvalue weighted by Gasteiger charge is -2.34. The molecule has 1 saturated carbocycles. The topological polar surface area (TPSA) is 79.7 Å². The van der Waals surface area contributed by atoms with Gasteiger partial charge in [-0.3, -0.25) is 5.32 Å². The maximum Gasteiger partial charge on any atom is 0.409 e. The SMILES string of the molecule is CCOC(=O)N1CCN(C(=O)Nc2cc(C)nn2[C@@H](C)C2CC2)CC1. The van der Waals surface area contributed by atoms with Crippen molar-refractivity contribution >= 4 is 17.9 Å². The van der Waals surface area contributed by atoms with Crippen LogP contribution in [0.3, 0.4) is 0 Å². The van der Waals surface area contributed by atoms with Crippen molar-refractivity contribution in [1.29, 1.82) is 0 Å². The smallest absolute Gasteiger partial charge is 0.409 e. The molecule has 1 saturated heterocycles. The lowest BCUT2D eigenvalue weighted by atomic mass is 10.2. The van der Waals surface area contributed by atoms with Crippen molar-refractivity contribution in [3.05, 3.63) is 11.8 Å². The summed E-state index contributed by atoms with van der Waals surface area (Å²) in [6, 6.07) is 2.06. The van der Waals surface area contributed by atoms with Crippen LogP contribution in [-0.2, 0) is 4.74 Å². The summed E-state index contributed by atoms with van der Waals surface area (Å²) in [5, 5.41) is 7.53. The standard InChI is InChI=1S/C17H27N5O3/c1-4-25-17(24)21-9-7-20(8-10-21)16(23)18-15-11-12(2)19-22(15)13(3)14-5-6-14/h11,13-14H,4-10H2,1-3H3,(H,18,23)/t13-/m0/s1. The molecule has 1 N–H and O–H groups in total. The normalized spacial score (nSPS) is 18.8. The van der Waals surface area contributed by atoms with Crippen molar-refractivity contribution in [2.24, 2.45) is 5.92 Å². The molecule has 0 unspecified atom stereocenters. The van der Waals surface area contributed by atoms with E-state index in [4.69, 9.17) is 4.74 Å². The Morgan fingerprint density at radius 2 is 1.92 bits per heavy atom. The fourth-order valence-electron chi connectivity index (χ4n) is 3.19. The van der Waals surface area contributed by atoms with Gasteiger partial charge in [-0.25, -0.2) is 14.3 Å². The molecule has 1 aliphatic carbocycles. The van der Waals surface area contributed by atoms with E-state index in [1.165, 1.54) is 12.8 Å². The Hall–Kier alpha value is -2.25. The summed E-state index contributed by atoms with van der Waals surface area (Å²) in [5.74, 6) is 1.40. The number of urea groups is 1. The van der Waals surface area contributed by atoms with Crippen LogP contribution < -0.4 is 5.32 Å². The minimum absolute atomic E-state index is 0.146. The second-order valence-corrected chi connectivity index (χ2v) is 6.80. The zero-order chi connectivity index (χ0) is 18.0. The molecule has 0 spiro atoms. The summed E-state index contributed by atoms with van der Waals surface area (Å²) in [6.45, 7) is 8.21. The highest BCUT2D eigenvalue weighted by Crippen LogP contribution is 2.40. The predicted molar refractivity (Wildman–Crippen MR) is 93.6 cm³/mol. The zero-order valence-corrected chi connectivity index (χ0v) is 15.2. The number of anilines is 1. The summed E-state index contributed by atoms with van der Waals surface area (Å²) in [6.07, 6.45) is 2.14. The number of carbonyl (C=O) groups is 2. The molecule has 3 rings (SSSR count). The molecular weight excluding hydrogens is 322 g/mol. The number of hydrogen-bond donors (Lipinski definition) is 1. The van der Waals surface area contributed by atoms with Crippen molar-refractivity contribution in [3.8, 4) is 0 Å². The fraction of sp³-hybridized carbons (Fsp3) is 0.706. The second kappa shape index (κ2) is 7.33. The molecule has 1 aromatic rings. The minimum atomic E-state index is -0.311. The Balaban J connectivity index is 1.57. The number of rotatable bonds is 4. The van der Waals surface area contributed by atoms with Crippen LogP contribution in [0.15, 0.2) is 6.07 Å². The number of aryl methyl sites for hydroxylation is 1. The van der Waals surface area contributed by atoms with Crippen molar-refractivity contribution in [3.63, 3.8) is 0 Å². The van der Waals surface area contributed by atoms with Gasteiger partial charge in [0.05, 0.1) is 18.3 Å². The predicted octanol–water partition coefficient (Wildman–Crippen LogP) is 2.47. The van der Waals surface area contributed by atoms with Crippen LogP contribution in [-0.4, -0.2) is 64.5 Å². The Bertz CT molecular complexity index is 632. The molecule has 8 nitrogen and oxygen atoms in total. The summed E-state index contributed by atoms with van der Waals surface area (Å²) in [4.78, 5) is 27.7. The van der Waals surface area contributed by atoms with E-state index in [2.05, 4.69) is 17.3 Å². The van der Waals surface area contributed by atoms with Gasteiger partial charge in [0, 0.05) is 32.2 Å². The molecule has 138 valence electrons. The molecule has 1 atom stereocenters. The van der Waals surface area contributed by atoms with E-state index in [1.807, 2.05) is 17.7 Å². The molecular formula is C17H27N5O3. The van der Waals surface area contributed by atoms with Crippen LogP contribution in [0, 0.1) is 12.8 Å².